The summed E-state index contributed by atoms with van der Waals surface area (Å²) in [6, 6.07) is -1.31. The lowest BCUT2D eigenvalue weighted by Crippen LogP contribution is -2.58. The number of nitrogens with zero attached hydrogens (tertiary/aromatic N) is 1. The van der Waals surface area contributed by atoms with Crippen molar-refractivity contribution in [3.8, 4) is 0 Å². The SMILES string of the molecule is CCC(CC)(CN)NC(=O)C(C)N1C(=O)NC2(CCCC2)C1=O.Cl. The van der Waals surface area contributed by atoms with E-state index in [0.29, 0.717) is 32.2 Å². The second kappa shape index (κ2) is 7.70. The first-order valence-electron chi connectivity index (χ1n) is 8.52. The molecule has 1 aliphatic heterocycles. The van der Waals surface area contributed by atoms with Crippen molar-refractivity contribution in [2.24, 2.45) is 5.73 Å². The summed E-state index contributed by atoms with van der Waals surface area (Å²) in [5.74, 6) is -0.605. The topological polar surface area (TPSA) is 105 Å². The van der Waals surface area contributed by atoms with Gasteiger partial charge in [0.25, 0.3) is 5.91 Å². The molecule has 1 heterocycles. The maximum absolute atomic E-state index is 12.7. The Morgan fingerprint density at radius 1 is 1.33 bits per heavy atom. The Morgan fingerprint density at radius 2 is 1.88 bits per heavy atom. The van der Waals surface area contributed by atoms with Crippen LogP contribution in [0.5, 0.6) is 0 Å². The van der Waals surface area contributed by atoms with Gasteiger partial charge in [-0.15, -0.1) is 12.4 Å². The van der Waals surface area contributed by atoms with Crippen molar-refractivity contribution < 1.29 is 14.4 Å². The van der Waals surface area contributed by atoms with Crippen LogP contribution in [-0.4, -0.2) is 46.4 Å². The molecule has 24 heavy (non-hydrogen) atoms. The van der Waals surface area contributed by atoms with Gasteiger partial charge in [-0.3, -0.25) is 9.59 Å². The minimum atomic E-state index is -0.841. The van der Waals surface area contributed by atoms with Gasteiger partial charge in [0, 0.05) is 6.54 Å². The Bertz CT molecular complexity index is 493. The van der Waals surface area contributed by atoms with Gasteiger partial charge in [0.1, 0.15) is 11.6 Å². The first-order chi connectivity index (χ1) is 10.8. The monoisotopic (exact) mass is 360 g/mol. The summed E-state index contributed by atoms with van der Waals surface area (Å²) in [4.78, 5) is 38.6. The Morgan fingerprint density at radius 3 is 2.33 bits per heavy atom. The standard InChI is InChI=1S/C16H28N4O3.ClH/c1-4-15(5-2,10-17)18-12(21)11(3)20-13(22)16(19-14(20)23)8-6-7-9-16;/h11H,4-10,17H2,1-3H3,(H,18,21)(H,19,23);1H. The zero-order chi connectivity index (χ0) is 17.3. The van der Waals surface area contributed by atoms with Crippen LogP contribution >= 0.6 is 12.4 Å². The van der Waals surface area contributed by atoms with Gasteiger partial charge in [-0.05, 0) is 32.6 Å². The molecule has 0 radical (unpaired) electrons. The molecule has 2 rings (SSSR count). The highest BCUT2D eigenvalue weighted by molar-refractivity contribution is 6.10. The Hall–Kier alpha value is -1.34. The van der Waals surface area contributed by atoms with Crippen LogP contribution in [-0.2, 0) is 9.59 Å². The molecule has 1 spiro atoms. The van der Waals surface area contributed by atoms with Crippen molar-refractivity contribution >= 4 is 30.3 Å². The highest BCUT2D eigenvalue weighted by Crippen LogP contribution is 2.35. The minimum Gasteiger partial charge on any atom is -0.348 e. The molecule has 2 aliphatic rings. The fourth-order valence-corrected chi connectivity index (χ4v) is 3.56. The van der Waals surface area contributed by atoms with Gasteiger partial charge in [0.15, 0.2) is 0 Å². The first-order valence-corrected chi connectivity index (χ1v) is 8.52. The van der Waals surface area contributed by atoms with Crippen molar-refractivity contribution in [2.45, 2.75) is 76.4 Å². The van der Waals surface area contributed by atoms with Crippen molar-refractivity contribution in [2.75, 3.05) is 6.54 Å². The third-order valence-corrected chi connectivity index (χ3v) is 5.55. The molecular formula is C16H29ClN4O3. The summed E-state index contributed by atoms with van der Waals surface area (Å²) in [6.45, 7) is 5.83. The van der Waals surface area contributed by atoms with Gasteiger partial charge in [-0.25, -0.2) is 9.69 Å². The molecule has 0 bridgehead atoms. The molecule has 8 heteroatoms. The third kappa shape index (κ3) is 3.37. The van der Waals surface area contributed by atoms with E-state index in [1.807, 2.05) is 13.8 Å². The fraction of sp³-hybridized carbons (Fsp3) is 0.812. The summed E-state index contributed by atoms with van der Waals surface area (Å²) in [6.07, 6.45) is 4.54. The van der Waals surface area contributed by atoms with Crippen LogP contribution in [0.4, 0.5) is 4.79 Å². The Kier molecular flexibility index (Phi) is 6.64. The van der Waals surface area contributed by atoms with Gasteiger partial charge in [-0.2, -0.15) is 0 Å². The molecule has 1 aliphatic carbocycles. The molecule has 4 N–H and O–H groups in total. The van der Waals surface area contributed by atoms with Crippen molar-refractivity contribution in [3.05, 3.63) is 0 Å². The predicted molar refractivity (Wildman–Crippen MR) is 93.8 cm³/mol. The largest absolute Gasteiger partial charge is 0.348 e. The van der Waals surface area contributed by atoms with Gasteiger partial charge < -0.3 is 16.4 Å². The number of hydrogen-bond donors (Lipinski definition) is 3. The third-order valence-electron chi connectivity index (χ3n) is 5.55. The molecule has 1 unspecified atom stereocenters. The van der Waals surface area contributed by atoms with E-state index in [1.165, 1.54) is 0 Å². The summed E-state index contributed by atoms with van der Waals surface area (Å²) < 4.78 is 0. The quantitative estimate of drug-likeness (QED) is 0.621. The van der Waals surface area contributed by atoms with Crippen LogP contribution in [0.25, 0.3) is 0 Å². The summed E-state index contributed by atoms with van der Waals surface area (Å²) >= 11 is 0. The van der Waals surface area contributed by atoms with Crippen molar-refractivity contribution in [1.82, 2.24) is 15.5 Å². The van der Waals surface area contributed by atoms with Crippen LogP contribution in [0.3, 0.4) is 0 Å². The smallest absolute Gasteiger partial charge is 0.325 e. The van der Waals surface area contributed by atoms with E-state index in [2.05, 4.69) is 10.6 Å². The highest BCUT2D eigenvalue weighted by atomic mass is 35.5. The predicted octanol–water partition coefficient (Wildman–Crippen LogP) is 1.30. The zero-order valence-corrected chi connectivity index (χ0v) is 15.5. The Balaban J connectivity index is 0.00000288. The number of carbonyl (C=O) groups is 3. The summed E-state index contributed by atoms with van der Waals surface area (Å²) in [5, 5.41) is 5.74. The molecule has 0 aromatic heterocycles. The molecule has 138 valence electrons. The molecule has 1 saturated carbocycles. The number of halogens is 1. The molecule has 1 saturated heterocycles. The normalized spacial score (nSPS) is 20.8. The number of rotatable bonds is 6. The molecule has 1 atom stereocenters. The number of imide groups is 1. The van der Waals surface area contributed by atoms with E-state index in [9.17, 15) is 14.4 Å². The van der Waals surface area contributed by atoms with Crippen LogP contribution in [0.2, 0.25) is 0 Å². The molecule has 2 fully saturated rings. The van der Waals surface area contributed by atoms with Gasteiger partial charge in [0.2, 0.25) is 5.91 Å². The zero-order valence-electron chi connectivity index (χ0n) is 14.7. The summed E-state index contributed by atoms with van der Waals surface area (Å²) in [5.41, 5.74) is 4.53. The van der Waals surface area contributed by atoms with E-state index in [1.54, 1.807) is 6.92 Å². The van der Waals surface area contributed by atoms with Gasteiger partial charge >= 0.3 is 6.03 Å². The average Bonchev–Trinajstić information content (AvgIpc) is 3.10. The number of nitrogens with two attached hydrogens (primary N) is 1. The second-order valence-corrected chi connectivity index (χ2v) is 6.75. The van der Waals surface area contributed by atoms with E-state index >= 15 is 0 Å². The van der Waals surface area contributed by atoms with Gasteiger partial charge in [0.05, 0.1) is 5.54 Å². The average molecular weight is 361 g/mol. The molecule has 4 amide bonds. The molecular weight excluding hydrogens is 332 g/mol. The van der Waals surface area contributed by atoms with Crippen LogP contribution in [0.15, 0.2) is 0 Å². The van der Waals surface area contributed by atoms with E-state index in [4.69, 9.17) is 5.73 Å². The van der Waals surface area contributed by atoms with E-state index < -0.39 is 23.2 Å². The lowest BCUT2D eigenvalue weighted by molar-refractivity contribution is -0.138. The maximum Gasteiger partial charge on any atom is 0.325 e. The molecule has 0 aromatic carbocycles. The van der Waals surface area contributed by atoms with Crippen LogP contribution in [0, 0.1) is 0 Å². The number of hydrogen-bond acceptors (Lipinski definition) is 4. The van der Waals surface area contributed by atoms with E-state index in [-0.39, 0.29) is 24.2 Å². The first kappa shape index (κ1) is 20.7. The molecule has 7 nitrogen and oxygen atoms in total. The maximum atomic E-state index is 12.7. The second-order valence-electron chi connectivity index (χ2n) is 6.75. The lowest BCUT2D eigenvalue weighted by atomic mass is 9.92. The molecule has 0 aromatic rings. The minimum absolute atomic E-state index is 0. The number of urea groups is 1. The number of carbonyl (C=O) groups excluding carboxylic acids is 3. The fourth-order valence-electron chi connectivity index (χ4n) is 3.56. The number of nitrogens with one attached hydrogen (secondary N) is 2. The van der Waals surface area contributed by atoms with Crippen molar-refractivity contribution in [1.29, 1.82) is 0 Å². The van der Waals surface area contributed by atoms with Crippen LogP contribution in [0.1, 0.15) is 59.3 Å². The lowest BCUT2D eigenvalue weighted by Gasteiger charge is -2.34. The number of amides is 4. The summed E-state index contributed by atoms with van der Waals surface area (Å²) in [7, 11) is 0. The van der Waals surface area contributed by atoms with E-state index in [0.717, 1.165) is 17.7 Å². The van der Waals surface area contributed by atoms with Crippen LogP contribution < -0.4 is 16.4 Å². The van der Waals surface area contributed by atoms with Crippen molar-refractivity contribution in [3.63, 3.8) is 0 Å². The Labute approximate surface area is 149 Å². The highest BCUT2D eigenvalue weighted by Gasteiger charge is 2.54. The van der Waals surface area contributed by atoms with Gasteiger partial charge in [-0.1, -0.05) is 26.7 Å².